The number of sulfone groups is 1. The van der Waals surface area contributed by atoms with Crippen LogP contribution in [-0.2, 0) is 14.6 Å². The minimum absolute atomic E-state index is 0.0276. The number of carbonyl (C=O) groups excluding carboxylic acids is 1. The van der Waals surface area contributed by atoms with E-state index in [1.54, 1.807) is 4.90 Å². The molecular weight excluding hydrogens is 268 g/mol. The molecule has 1 amide bonds. The Morgan fingerprint density at radius 3 is 2.63 bits per heavy atom. The van der Waals surface area contributed by atoms with E-state index in [1.165, 1.54) is 0 Å². The SMILES string of the molecule is CC1CCNC1C(=O)N(CCO)C1CCS(=O)(=O)C1. The zero-order chi connectivity index (χ0) is 14.0. The van der Waals surface area contributed by atoms with E-state index in [4.69, 9.17) is 5.11 Å². The van der Waals surface area contributed by atoms with Crippen molar-refractivity contribution in [2.45, 2.75) is 31.8 Å². The Balaban J connectivity index is 2.09. The van der Waals surface area contributed by atoms with E-state index < -0.39 is 9.84 Å². The largest absolute Gasteiger partial charge is 0.395 e. The van der Waals surface area contributed by atoms with E-state index in [-0.39, 0.29) is 48.6 Å². The van der Waals surface area contributed by atoms with Gasteiger partial charge in [-0.1, -0.05) is 6.92 Å². The number of aliphatic hydroxyl groups excluding tert-OH is 1. The van der Waals surface area contributed by atoms with E-state index in [2.05, 4.69) is 5.32 Å². The third-order valence-corrected chi connectivity index (χ3v) is 5.82. The minimum Gasteiger partial charge on any atom is -0.395 e. The van der Waals surface area contributed by atoms with Crippen LogP contribution < -0.4 is 5.32 Å². The van der Waals surface area contributed by atoms with Crippen LogP contribution in [0.3, 0.4) is 0 Å². The van der Waals surface area contributed by atoms with Crippen molar-refractivity contribution in [2.75, 3.05) is 31.2 Å². The Bertz CT molecular complexity index is 437. The molecule has 3 unspecified atom stereocenters. The highest BCUT2D eigenvalue weighted by Crippen LogP contribution is 2.22. The first-order chi connectivity index (χ1) is 8.94. The van der Waals surface area contributed by atoms with E-state index in [9.17, 15) is 13.2 Å². The van der Waals surface area contributed by atoms with E-state index in [1.807, 2.05) is 6.92 Å². The Hall–Kier alpha value is -0.660. The summed E-state index contributed by atoms with van der Waals surface area (Å²) in [7, 11) is -3.03. The standard InChI is InChI=1S/C12H22N2O4S/c1-9-2-4-13-11(9)12(16)14(5-6-15)10-3-7-19(17,18)8-10/h9-11,13,15H,2-8H2,1H3. The van der Waals surface area contributed by atoms with Crippen LogP contribution in [0.15, 0.2) is 0 Å². The van der Waals surface area contributed by atoms with Crippen molar-refractivity contribution in [3.63, 3.8) is 0 Å². The van der Waals surface area contributed by atoms with Gasteiger partial charge in [0.1, 0.15) is 0 Å². The van der Waals surface area contributed by atoms with Gasteiger partial charge in [0.05, 0.1) is 24.2 Å². The molecule has 0 aromatic carbocycles. The molecule has 6 nitrogen and oxygen atoms in total. The second kappa shape index (κ2) is 5.76. The van der Waals surface area contributed by atoms with Crippen molar-refractivity contribution >= 4 is 15.7 Å². The summed E-state index contributed by atoms with van der Waals surface area (Å²) in [6.45, 7) is 2.91. The molecule has 2 N–H and O–H groups in total. The van der Waals surface area contributed by atoms with Gasteiger partial charge in [-0.15, -0.1) is 0 Å². The predicted molar refractivity (Wildman–Crippen MR) is 71.4 cm³/mol. The molecule has 19 heavy (non-hydrogen) atoms. The third kappa shape index (κ3) is 3.27. The van der Waals surface area contributed by atoms with E-state index in [0.717, 1.165) is 13.0 Å². The first-order valence-corrected chi connectivity index (χ1v) is 8.62. The first kappa shape index (κ1) is 14.7. The molecule has 2 heterocycles. The summed E-state index contributed by atoms with van der Waals surface area (Å²) in [6, 6.07) is -0.519. The lowest BCUT2D eigenvalue weighted by molar-refractivity contribution is -0.136. The molecular formula is C12H22N2O4S. The molecule has 7 heteroatoms. The number of hydrogen-bond donors (Lipinski definition) is 2. The molecule has 0 aliphatic carbocycles. The zero-order valence-electron chi connectivity index (χ0n) is 11.2. The summed E-state index contributed by atoms with van der Waals surface area (Å²) in [6.07, 6.45) is 1.43. The van der Waals surface area contributed by atoms with Crippen LogP contribution in [0.1, 0.15) is 19.8 Å². The van der Waals surface area contributed by atoms with Gasteiger partial charge in [0.2, 0.25) is 5.91 Å². The highest BCUT2D eigenvalue weighted by atomic mass is 32.2. The maximum Gasteiger partial charge on any atom is 0.240 e. The summed E-state index contributed by atoms with van der Waals surface area (Å²) in [4.78, 5) is 14.1. The quantitative estimate of drug-likeness (QED) is 0.693. The molecule has 2 saturated heterocycles. The molecule has 0 aromatic heterocycles. The second-order valence-electron chi connectivity index (χ2n) is 5.51. The van der Waals surface area contributed by atoms with Crippen LogP contribution in [0.25, 0.3) is 0 Å². The van der Waals surface area contributed by atoms with Crippen molar-refractivity contribution in [1.82, 2.24) is 10.2 Å². The fourth-order valence-electron chi connectivity index (χ4n) is 2.95. The second-order valence-corrected chi connectivity index (χ2v) is 7.74. The molecule has 110 valence electrons. The number of hydrogen-bond acceptors (Lipinski definition) is 5. The monoisotopic (exact) mass is 290 g/mol. The van der Waals surface area contributed by atoms with Crippen molar-refractivity contribution in [3.05, 3.63) is 0 Å². The number of nitrogens with zero attached hydrogens (tertiary/aromatic N) is 1. The Morgan fingerprint density at radius 2 is 2.16 bits per heavy atom. The van der Waals surface area contributed by atoms with Gasteiger partial charge >= 0.3 is 0 Å². The molecule has 3 atom stereocenters. The Kier molecular flexibility index (Phi) is 4.47. The lowest BCUT2D eigenvalue weighted by Gasteiger charge is -2.31. The van der Waals surface area contributed by atoms with E-state index in [0.29, 0.717) is 6.42 Å². The average Bonchev–Trinajstić information content (AvgIpc) is 2.91. The van der Waals surface area contributed by atoms with Crippen LogP contribution in [0, 0.1) is 5.92 Å². The van der Waals surface area contributed by atoms with Crippen LogP contribution in [0.2, 0.25) is 0 Å². The predicted octanol–water partition coefficient (Wildman–Crippen LogP) is -1.01. The van der Waals surface area contributed by atoms with Gasteiger partial charge in [-0.25, -0.2) is 8.42 Å². The van der Waals surface area contributed by atoms with E-state index >= 15 is 0 Å². The molecule has 2 fully saturated rings. The van der Waals surface area contributed by atoms with Gasteiger partial charge < -0.3 is 15.3 Å². The van der Waals surface area contributed by atoms with Crippen LogP contribution in [0.5, 0.6) is 0 Å². The normalized spacial score (nSPS) is 33.5. The van der Waals surface area contributed by atoms with Crippen LogP contribution in [0.4, 0.5) is 0 Å². The highest BCUT2D eigenvalue weighted by Gasteiger charge is 2.39. The number of rotatable bonds is 4. The first-order valence-electron chi connectivity index (χ1n) is 6.80. The number of amides is 1. The topological polar surface area (TPSA) is 86.7 Å². The van der Waals surface area contributed by atoms with Crippen LogP contribution in [-0.4, -0.2) is 67.6 Å². The molecule has 0 radical (unpaired) electrons. The van der Waals surface area contributed by atoms with Crippen molar-refractivity contribution in [3.8, 4) is 0 Å². The van der Waals surface area contributed by atoms with Crippen LogP contribution >= 0.6 is 0 Å². The summed E-state index contributed by atoms with van der Waals surface area (Å²) in [5.41, 5.74) is 0. The maximum absolute atomic E-state index is 12.5. The summed E-state index contributed by atoms with van der Waals surface area (Å²) in [5, 5.41) is 12.3. The smallest absolute Gasteiger partial charge is 0.240 e. The average molecular weight is 290 g/mol. The number of carbonyl (C=O) groups is 1. The van der Waals surface area contributed by atoms with Gasteiger partial charge in [0.15, 0.2) is 9.84 Å². The summed E-state index contributed by atoms with van der Waals surface area (Å²) in [5.74, 6) is 0.355. The fourth-order valence-corrected chi connectivity index (χ4v) is 4.68. The molecule has 0 spiro atoms. The third-order valence-electron chi connectivity index (χ3n) is 4.07. The minimum atomic E-state index is -3.03. The van der Waals surface area contributed by atoms with Gasteiger partial charge in [-0.2, -0.15) is 0 Å². The zero-order valence-corrected chi connectivity index (χ0v) is 12.0. The van der Waals surface area contributed by atoms with Gasteiger partial charge in [-0.05, 0) is 25.3 Å². The van der Waals surface area contributed by atoms with Gasteiger partial charge in [0, 0.05) is 12.6 Å². The summed E-state index contributed by atoms with van der Waals surface area (Å²) >= 11 is 0. The fraction of sp³-hybridized carbons (Fsp3) is 0.917. The maximum atomic E-state index is 12.5. The molecule has 0 bridgehead atoms. The number of aliphatic hydroxyl groups is 1. The molecule has 2 aliphatic heterocycles. The van der Waals surface area contributed by atoms with Crippen molar-refractivity contribution in [1.29, 1.82) is 0 Å². The highest BCUT2D eigenvalue weighted by molar-refractivity contribution is 7.91. The summed E-state index contributed by atoms with van der Waals surface area (Å²) < 4.78 is 23.1. The molecule has 2 rings (SSSR count). The molecule has 0 saturated carbocycles. The van der Waals surface area contributed by atoms with Gasteiger partial charge in [0.25, 0.3) is 0 Å². The van der Waals surface area contributed by atoms with Gasteiger partial charge in [-0.3, -0.25) is 4.79 Å². The Labute approximate surface area is 114 Å². The lowest BCUT2D eigenvalue weighted by Crippen LogP contribution is -2.51. The number of nitrogens with one attached hydrogen (secondary N) is 1. The Morgan fingerprint density at radius 1 is 1.42 bits per heavy atom. The van der Waals surface area contributed by atoms with Crippen molar-refractivity contribution in [2.24, 2.45) is 5.92 Å². The molecule has 0 aromatic rings. The van der Waals surface area contributed by atoms with Crippen molar-refractivity contribution < 1.29 is 18.3 Å². The molecule has 2 aliphatic rings. The lowest BCUT2D eigenvalue weighted by atomic mass is 10.0.